The van der Waals surface area contributed by atoms with Crippen LogP contribution in [0, 0.1) is 0 Å². The van der Waals surface area contributed by atoms with Gasteiger partial charge in [0.1, 0.15) is 0 Å². The Kier molecular flexibility index (Phi) is 1.35. The maximum atomic E-state index is 6.88. The predicted molar refractivity (Wildman–Crippen MR) is 44.2 cm³/mol. The molecule has 46 valence electrons. The van der Waals surface area contributed by atoms with Crippen molar-refractivity contribution in [3.05, 3.63) is 40.8 Å². The van der Waals surface area contributed by atoms with Crippen molar-refractivity contribution in [2.75, 3.05) is 0 Å². The van der Waals surface area contributed by atoms with Crippen molar-refractivity contribution < 1.29 is 2.74 Å². The van der Waals surface area contributed by atoms with E-state index in [1.807, 2.05) is 24.3 Å². The normalized spacial score (nSPS) is 11.7. The van der Waals surface area contributed by atoms with Gasteiger partial charge in [-0.15, -0.1) is 0 Å². The summed E-state index contributed by atoms with van der Waals surface area (Å²) in [5, 5.41) is 0. The zero-order valence-electron chi connectivity index (χ0n) is 6.76. The smallest absolute Gasteiger partial charge is 0.0538 e. The predicted octanol–water partition coefficient (Wildman–Crippen LogP) is 3.09. The van der Waals surface area contributed by atoms with Crippen LogP contribution in [0.3, 0.4) is 0 Å². The lowest BCUT2D eigenvalue weighted by Crippen LogP contribution is -1.67. The maximum Gasteiger partial charge on any atom is 0.0538 e. The van der Waals surface area contributed by atoms with Crippen molar-refractivity contribution in [1.82, 2.24) is 0 Å². The Hall–Kier alpha value is -0.560. The fourth-order valence-electron chi connectivity index (χ4n) is 0.559. The van der Waals surface area contributed by atoms with Gasteiger partial charge in [0.05, 0.1) is 2.74 Å². The van der Waals surface area contributed by atoms with Gasteiger partial charge in [0.25, 0.3) is 0 Å². The van der Waals surface area contributed by atoms with Crippen molar-refractivity contribution in [2.24, 2.45) is 0 Å². The van der Waals surface area contributed by atoms with E-state index in [0.717, 1.165) is 10.0 Å². The first-order valence-corrected chi connectivity index (χ1v) is 3.38. The van der Waals surface area contributed by atoms with Gasteiger partial charge in [0.15, 0.2) is 0 Å². The van der Waals surface area contributed by atoms with Gasteiger partial charge < -0.3 is 0 Å². The molecule has 1 heteroatoms. The monoisotopic (exact) mass is 184 g/mol. The van der Waals surface area contributed by atoms with Crippen molar-refractivity contribution in [1.29, 1.82) is 0 Å². The zero-order chi connectivity index (χ0) is 8.27. The highest BCUT2D eigenvalue weighted by Crippen LogP contribution is 2.10. The maximum absolute atomic E-state index is 6.88. The molecule has 0 amide bonds. The SMILES string of the molecule is [2H]C([2H])=Cc1ccc(Br)cc1. The van der Waals surface area contributed by atoms with Crippen molar-refractivity contribution in [3.8, 4) is 0 Å². The summed E-state index contributed by atoms with van der Waals surface area (Å²) < 4.78 is 14.8. The minimum Gasteiger partial charge on any atom is -0.0985 e. The third-order valence-electron chi connectivity index (χ3n) is 1.04. The molecule has 1 aromatic carbocycles. The summed E-state index contributed by atoms with van der Waals surface area (Å²) >= 11 is 3.30. The lowest BCUT2D eigenvalue weighted by Gasteiger charge is -1.90. The average Bonchev–Trinajstić information content (AvgIpc) is 1.93. The quantitative estimate of drug-likeness (QED) is 0.630. The standard InChI is InChI=1S/C8H7Br/c1-2-7-3-5-8(9)6-4-7/h2-6H,1H2/i1D2. The molecular weight excluding hydrogens is 176 g/mol. The van der Waals surface area contributed by atoms with Crippen LogP contribution in [0.2, 0.25) is 0 Å². The molecule has 1 rings (SSSR count). The van der Waals surface area contributed by atoms with Crippen LogP contribution in [-0.4, -0.2) is 0 Å². The van der Waals surface area contributed by atoms with Crippen LogP contribution >= 0.6 is 15.9 Å². The number of halogens is 1. The summed E-state index contributed by atoms with van der Waals surface area (Å²) in [5.74, 6) is 0. The number of hydrogen-bond acceptors (Lipinski definition) is 0. The van der Waals surface area contributed by atoms with Gasteiger partial charge in [0, 0.05) is 4.47 Å². The number of benzene rings is 1. The molecule has 0 spiro atoms. The lowest BCUT2D eigenvalue weighted by molar-refractivity contribution is 1.62. The largest absolute Gasteiger partial charge is 0.0985 e. The molecular formula is C8H7Br. The molecule has 0 aliphatic heterocycles. The second-order valence-corrected chi connectivity index (χ2v) is 2.61. The molecule has 0 fully saturated rings. The molecule has 0 atom stereocenters. The first kappa shape index (κ1) is 4.29. The molecule has 9 heavy (non-hydrogen) atoms. The van der Waals surface area contributed by atoms with Crippen LogP contribution < -0.4 is 0 Å². The van der Waals surface area contributed by atoms with Gasteiger partial charge in [-0.2, -0.15) is 0 Å². The highest BCUT2D eigenvalue weighted by Gasteiger charge is 1.83. The molecule has 0 aliphatic carbocycles. The van der Waals surface area contributed by atoms with Gasteiger partial charge >= 0.3 is 0 Å². The first-order chi connectivity index (χ1) is 5.18. The summed E-state index contributed by atoms with van der Waals surface area (Å²) in [4.78, 5) is 0. The van der Waals surface area contributed by atoms with E-state index < -0.39 is 0 Å². The zero-order valence-corrected chi connectivity index (χ0v) is 6.35. The van der Waals surface area contributed by atoms with E-state index in [4.69, 9.17) is 2.74 Å². The van der Waals surface area contributed by atoms with Crippen LogP contribution in [0.5, 0.6) is 0 Å². The van der Waals surface area contributed by atoms with Gasteiger partial charge in [0.2, 0.25) is 0 Å². The second kappa shape index (κ2) is 2.83. The summed E-state index contributed by atoms with van der Waals surface area (Å²) in [6, 6.07) is 7.48. The Balaban J connectivity index is 2.91. The summed E-state index contributed by atoms with van der Waals surface area (Å²) in [6.45, 7) is -0.174. The van der Waals surface area contributed by atoms with Crippen LogP contribution in [0.25, 0.3) is 6.08 Å². The molecule has 0 heterocycles. The van der Waals surface area contributed by atoms with E-state index in [-0.39, 0.29) is 6.53 Å². The molecule has 0 bridgehead atoms. The third-order valence-corrected chi connectivity index (χ3v) is 1.57. The van der Waals surface area contributed by atoms with E-state index in [9.17, 15) is 0 Å². The van der Waals surface area contributed by atoms with E-state index in [0.29, 0.717) is 0 Å². The minimum absolute atomic E-state index is 0.174. The Morgan fingerprint density at radius 3 is 2.67 bits per heavy atom. The van der Waals surface area contributed by atoms with Gasteiger partial charge in [-0.25, -0.2) is 0 Å². The highest BCUT2D eigenvalue weighted by atomic mass is 79.9. The molecule has 0 aromatic heterocycles. The van der Waals surface area contributed by atoms with Crippen molar-refractivity contribution >= 4 is 22.0 Å². The third kappa shape index (κ3) is 1.68. The lowest BCUT2D eigenvalue weighted by atomic mass is 10.2. The van der Waals surface area contributed by atoms with Crippen molar-refractivity contribution in [2.45, 2.75) is 0 Å². The molecule has 0 saturated carbocycles. The molecule has 0 nitrogen and oxygen atoms in total. The van der Waals surface area contributed by atoms with Crippen LogP contribution in [0.4, 0.5) is 0 Å². The Morgan fingerprint density at radius 2 is 2.11 bits per heavy atom. The molecule has 0 radical (unpaired) electrons. The van der Waals surface area contributed by atoms with Gasteiger partial charge in [-0.1, -0.05) is 40.7 Å². The minimum atomic E-state index is -0.174. The second-order valence-electron chi connectivity index (χ2n) is 1.70. The topological polar surface area (TPSA) is 0 Å². The van der Waals surface area contributed by atoms with E-state index in [1.54, 1.807) is 0 Å². The Labute approximate surface area is 66.1 Å². The van der Waals surface area contributed by atoms with Gasteiger partial charge in [-0.3, -0.25) is 0 Å². The van der Waals surface area contributed by atoms with E-state index >= 15 is 0 Å². The fraction of sp³-hybridized carbons (Fsp3) is 0. The molecule has 0 unspecified atom stereocenters. The van der Waals surface area contributed by atoms with Crippen LogP contribution in [0.1, 0.15) is 8.30 Å². The Bertz CT molecular complexity index is 260. The van der Waals surface area contributed by atoms with E-state index in [1.165, 1.54) is 6.08 Å². The summed E-state index contributed by atoms with van der Waals surface area (Å²) in [7, 11) is 0. The average molecular weight is 185 g/mol. The van der Waals surface area contributed by atoms with Crippen molar-refractivity contribution in [3.63, 3.8) is 0 Å². The van der Waals surface area contributed by atoms with Crippen LogP contribution in [0.15, 0.2) is 35.3 Å². The van der Waals surface area contributed by atoms with Gasteiger partial charge in [-0.05, 0) is 17.7 Å². The molecule has 0 N–H and O–H groups in total. The number of hydrogen-bond donors (Lipinski definition) is 0. The first-order valence-electron chi connectivity index (χ1n) is 3.59. The molecule has 1 aromatic rings. The number of rotatable bonds is 1. The molecule has 0 saturated heterocycles. The fourth-order valence-corrected chi connectivity index (χ4v) is 0.823. The van der Waals surface area contributed by atoms with Crippen LogP contribution in [-0.2, 0) is 0 Å². The Morgan fingerprint density at radius 1 is 1.44 bits per heavy atom. The summed E-state index contributed by atoms with van der Waals surface area (Å²) in [6.07, 6.45) is 1.49. The van der Waals surface area contributed by atoms with E-state index in [2.05, 4.69) is 15.9 Å². The molecule has 0 aliphatic rings. The highest BCUT2D eigenvalue weighted by molar-refractivity contribution is 9.10. The summed E-state index contributed by atoms with van der Waals surface area (Å²) in [5.41, 5.74) is 0.883.